The highest BCUT2D eigenvalue weighted by atomic mass is 79.9. The van der Waals surface area contributed by atoms with Crippen LogP contribution in [0.4, 0.5) is 0 Å². The highest BCUT2D eigenvalue weighted by Crippen LogP contribution is 2.43. The molecule has 0 N–H and O–H groups in total. The maximum atomic E-state index is 13.4. The molecule has 0 aliphatic rings. The Morgan fingerprint density at radius 3 is 0.633 bits per heavy atom. The second kappa shape index (κ2) is 43.0. The van der Waals surface area contributed by atoms with E-state index < -0.39 is 11.9 Å². The maximum absolute atomic E-state index is 13.4. The van der Waals surface area contributed by atoms with E-state index in [0.29, 0.717) is 31.1 Å². The minimum atomic E-state index is -0.515. The van der Waals surface area contributed by atoms with Gasteiger partial charge in [-0.15, -0.1) is 0 Å². The molecule has 0 aliphatic heterocycles. The number of esters is 2. The Morgan fingerprint density at radius 1 is 0.283 bits per heavy atom. The zero-order valence-corrected chi connectivity index (χ0v) is 45.2. The molecule has 60 heavy (non-hydrogen) atoms. The molecule has 0 atom stereocenters. The number of rotatable bonds is 44. The molecule has 0 spiro atoms. The quantitative estimate of drug-likeness (QED) is 0.0283. The van der Waals surface area contributed by atoms with E-state index >= 15 is 0 Å². The Bertz CT molecular complexity index is 1090. The van der Waals surface area contributed by atoms with Gasteiger partial charge in [-0.3, -0.25) is 0 Å². The highest BCUT2D eigenvalue weighted by Gasteiger charge is 2.30. The number of hydrogen-bond acceptors (Lipinski definition) is 4. The fourth-order valence-electron chi connectivity index (χ4n) is 8.20. The molecule has 8 heteroatoms. The number of hydrogen-bond donors (Lipinski definition) is 0. The van der Waals surface area contributed by atoms with Crippen molar-refractivity contribution in [3.05, 3.63) is 29.0 Å². The molecule has 1 aromatic rings. The normalized spacial score (nSPS) is 11.4. The summed E-state index contributed by atoms with van der Waals surface area (Å²) in [5, 5.41) is 0. The summed E-state index contributed by atoms with van der Waals surface area (Å²) in [4.78, 5) is 26.7. The van der Waals surface area contributed by atoms with Crippen LogP contribution in [0, 0.1) is 0 Å². The molecule has 350 valence electrons. The van der Waals surface area contributed by atoms with Crippen LogP contribution in [0.15, 0.2) is 17.9 Å². The van der Waals surface area contributed by atoms with Gasteiger partial charge in [0.2, 0.25) is 0 Å². The molecule has 1 aromatic carbocycles. The SMILES string of the molecule is CCCCCCCCCCCCCCCCCCCCCCOC(=O)c1c(Br)c(Br)c(Br)c(Br)c1C(=O)OCCCCCCCCCCCCCCCCCCCCCC. The Hall–Kier alpha value is 0.0800. The smallest absolute Gasteiger partial charge is 0.340 e. The van der Waals surface area contributed by atoms with Crippen LogP contribution in [0.5, 0.6) is 0 Å². The van der Waals surface area contributed by atoms with Gasteiger partial charge < -0.3 is 9.47 Å². The van der Waals surface area contributed by atoms with E-state index in [1.807, 2.05) is 0 Å². The molecular weight excluding hydrogens is 1010 g/mol. The predicted molar refractivity (Wildman–Crippen MR) is 274 cm³/mol. The lowest BCUT2D eigenvalue weighted by molar-refractivity contribution is 0.0448. The summed E-state index contributed by atoms with van der Waals surface area (Å²) >= 11 is 14.2. The lowest BCUT2D eigenvalue weighted by Gasteiger charge is -2.16. The third-order valence-electron chi connectivity index (χ3n) is 12.1. The van der Waals surface area contributed by atoms with Crippen molar-refractivity contribution in [1.82, 2.24) is 0 Å². The van der Waals surface area contributed by atoms with Crippen LogP contribution < -0.4 is 0 Å². The van der Waals surface area contributed by atoms with E-state index in [1.165, 1.54) is 218 Å². The van der Waals surface area contributed by atoms with E-state index in [4.69, 9.17) is 9.47 Å². The van der Waals surface area contributed by atoms with Gasteiger partial charge in [-0.25, -0.2) is 9.59 Å². The van der Waals surface area contributed by atoms with Crippen LogP contribution in [-0.4, -0.2) is 25.2 Å². The van der Waals surface area contributed by atoms with Crippen molar-refractivity contribution in [2.45, 2.75) is 271 Å². The molecule has 0 aromatic heterocycles. The molecule has 1 rings (SSSR count). The Balaban J connectivity index is 2.13. The second-order valence-electron chi connectivity index (χ2n) is 17.7. The summed E-state index contributed by atoms with van der Waals surface area (Å²) in [6.45, 7) is 5.25. The first kappa shape index (κ1) is 58.1. The van der Waals surface area contributed by atoms with E-state index in [1.54, 1.807) is 0 Å². The van der Waals surface area contributed by atoms with Gasteiger partial charge >= 0.3 is 11.9 Å². The summed E-state index contributed by atoms with van der Waals surface area (Å²) in [5.41, 5.74) is 0.386. The zero-order chi connectivity index (χ0) is 43.7. The van der Waals surface area contributed by atoms with Crippen LogP contribution >= 0.6 is 63.7 Å². The number of carbonyl (C=O) groups excluding carboxylic acids is 2. The third-order valence-corrected chi connectivity index (χ3v) is 16.9. The largest absolute Gasteiger partial charge is 0.462 e. The monoisotopic (exact) mass is 1090 g/mol. The van der Waals surface area contributed by atoms with Gasteiger partial charge in [0.1, 0.15) is 0 Å². The highest BCUT2D eigenvalue weighted by molar-refractivity contribution is 9.15. The molecule has 0 amide bonds. The average molecular weight is 1100 g/mol. The zero-order valence-electron chi connectivity index (χ0n) is 38.8. The van der Waals surface area contributed by atoms with E-state index in [2.05, 4.69) is 77.6 Å². The second-order valence-corrected chi connectivity index (χ2v) is 20.9. The van der Waals surface area contributed by atoms with E-state index in [-0.39, 0.29) is 11.1 Å². The first-order chi connectivity index (χ1) is 29.4. The summed E-state index contributed by atoms with van der Waals surface area (Å²) in [6, 6.07) is 0. The van der Waals surface area contributed by atoms with Crippen LogP contribution in [-0.2, 0) is 9.47 Å². The van der Waals surface area contributed by atoms with Crippen molar-refractivity contribution in [3.8, 4) is 0 Å². The first-order valence-electron chi connectivity index (χ1n) is 25.6. The van der Waals surface area contributed by atoms with Crippen molar-refractivity contribution in [2.24, 2.45) is 0 Å². The fraction of sp³-hybridized carbons (Fsp3) is 0.846. The number of ether oxygens (including phenoxy) is 2. The Labute approximate surface area is 404 Å². The van der Waals surface area contributed by atoms with Gasteiger partial charge in [0.05, 0.1) is 24.3 Å². The molecule has 4 nitrogen and oxygen atoms in total. The Morgan fingerprint density at radius 2 is 0.450 bits per heavy atom. The molecule has 0 saturated heterocycles. The molecule has 0 saturated carbocycles. The van der Waals surface area contributed by atoms with Crippen molar-refractivity contribution >= 4 is 75.7 Å². The number of benzene rings is 1. The molecule has 0 bridgehead atoms. The summed E-state index contributed by atoms with van der Waals surface area (Å²) in [7, 11) is 0. The topological polar surface area (TPSA) is 52.6 Å². The minimum Gasteiger partial charge on any atom is -0.462 e. The number of unbranched alkanes of at least 4 members (excludes halogenated alkanes) is 38. The van der Waals surface area contributed by atoms with Crippen molar-refractivity contribution in [2.75, 3.05) is 13.2 Å². The molecule has 0 radical (unpaired) electrons. The predicted octanol–water partition coefficient (Wildman–Crippen LogP) is 20.7. The van der Waals surface area contributed by atoms with Crippen molar-refractivity contribution in [1.29, 1.82) is 0 Å². The van der Waals surface area contributed by atoms with Gasteiger partial charge in [-0.05, 0) is 76.6 Å². The average Bonchev–Trinajstić information content (AvgIpc) is 3.24. The third kappa shape index (κ3) is 31.0. The minimum absolute atomic E-state index is 0.193. The Kier molecular flexibility index (Phi) is 41.6. The molecule has 0 aliphatic carbocycles. The van der Waals surface area contributed by atoms with E-state index in [0.717, 1.165) is 38.5 Å². The van der Waals surface area contributed by atoms with Gasteiger partial charge in [-0.1, -0.05) is 258 Å². The van der Waals surface area contributed by atoms with Crippen molar-refractivity contribution < 1.29 is 19.1 Å². The van der Waals surface area contributed by atoms with E-state index in [9.17, 15) is 9.59 Å². The standard InChI is InChI=1S/C52H90Br4O4/c1-3-5-7-9-11-13-15-17-19-21-23-25-27-29-31-33-35-37-39-41-43-59-51(57)45-46(48(54)50(56)49(55)47(45)53)52(58)60-44-42-40-38-36-34-32-30-28-26-24-22-20-18-16-14-12-10-8-6-4-2/h3-44H2,1-2H3. The molecule has 0 heterocycles. The maximum Gasteiger partial charge on any atom is 0.340 e. The summed E-state index contributed by atoms with van der Waals surface area (Å²) in [5.74, 6) is -1.03. The van der Waals surface area contributed by atoms with Gasteiger partial charge in [0, 0.05) is 17.9 Å². The van der Waals surface area contributed by atoms with Crippen LogP contribution in [0.1, 0.15) is 291 Å². The van der Waals surface area contributed by atoms with Gasteiger partial charge in [-0.2, -0.15) is 0 Å². The lowest BCUT2D eigenvalue weighted by Crippen LogP contribution is -2.17. The van der Waals surface area contributed by atoms with Crippen LogP contribution in [0.25, 0.3) is 0 Å². The molecule has 0 fully saturated rings. The first-order valence-corrected chi connectivity index (χ1v) is 28.7. The van der Waals surface area contributed by atoms with Gasteiger partial charge in [0.25, 0.3) is 0 Å². The summed E-state index contributed by atoms with van der Waals surface area (Å²) in [6.07, 6.45) is 53.2. The van der Waals surface area contributed by atoms with Crippen molar-refractivity contribution in [3.63, 3.8) is 0 Å². The number of carbonyl (C=O) groups is 2. The van der Waals surface area contributed by atoms with Gasteiger partial charge in [0.15, 0.2) is 0 Å². The summed E-state index contributed by atoms with van der Waals surface area (Å²) < 4.78 is 13.7. The van der Waals surface area contributed by atoms with Crippen LogP contribution in [0.2, 0.25) is 0 Å². The lowest BCUT2D eigenvalue weighted by atomic mass is 10.0. The van der Waals surface area contributed by atoms with Crippen LogP contribution in [0.3, 0.4) is 0 Å². The number of halogens is 4. The fourth-order valence-corrected chi connectivity index (χ4v) is 10.6. The molecule has 0 unspecified atom stereocenters. The molecular formula is C52H90Br4O4.